The summed E-state index contributed by atoms with van der Waals surface area (Å²) in [6, 6.07) is 6.42. The number of ketones is 4. The number of nitrogens with two attached hydrogens (primary N) is 1. The number of hydrogen-bond acceptors (Lipinski definition) is 8. The molecule has 4 N–H and O–H groups in total. The fraction of sp³-hybridized carbons (Fsp3) is 0.433. The molecule has 2 unspecified atom stereocenters. The minimum atomic E-state index is -4.46. The number of phenols is 1. The number of phenolic OH excluding ortho intramolecular Hbond substituents is 1. The van der Waals surface area contributed by atoms with Crippen molar-refractivity contribution < 1.29 is 47.4 Å². The average molecular weight is 587 g/mol. The molecule has 222 valence electrons. The number of Topliss-reactive ketones (excluding diaryl/α,β-unsaturated/α-hetero) is 4. The molecule has 0 spiro atoms. The summed E-state index contributed by atoms with van der Waals surface area (Å²) in [5, 5.41) is 22.3. The molecule has 2 aromatic rings. The summed E-state index contributed by atoms with van der Waals surface area (Å²) in [4.78, 5) is 67.6. The fourth-order valence-corrected chi connectivity index (χ4v) is 7.04. The van der Waals surface area contributed by atoms with Crippen LogP contribution in [0.4, 0.5) is 13.2 Å². The van der Waals surface area contributed by atoms with E-state index in [4.69, 9.17) is 5.73 Å². The van der Waals surface area contributed by atoms with Crippen LogP contribution in [0.5, 0.6) is 5.75 Å². The van der Waals surface area contributed by atoms with Crippen LogP contribution in [-0.2, 0) is 44.6 Å². The Morgan fingerprint density at radius 1 is 1.02 bits per heavy atom. The first-order valence-electron chi connectivity index (χ1n) is 13.4. The fourth-order valence-electron chi connectivity index (χ4n) is 7.04. The molecule has 0 aliphatic heterocycles. The molecular weight excluding hydrogens is 557 g/mol. The average Bonchev–Trinajstić information content (AvgIpc) is 2.89. The standard InChI is InChI=1S/C30H29F3N2O7/c1-35(2)23-18-12-15-11-17-14(6-3-13-4-8-16(9-5-13)30(31,32)33)7-10-19(36)21(17)24(37)20(15)26(39)29(18,42)27(40)22(25(23)38)28(34)41/h4-5,7-10,15,18,20,22-23,36,42H,3,6,11-12H2,1-2H3,(H2,34,41)/t15-,18-,20?,22?,23-,29-/m0/s1. The predicted molar refractivity (Wildman–Crippen MR) is 140 cm³/mol. The zero-order valence-corrected chi connectivity index (χ0v) is 22.8. The second kappa shape index (κ2) is 10.1. The Morgan fingerprint density at radius 3 is 2.24 bits per heavy atom. The van der Waals surface area contributed by atoms with E-state index in [0.717, 1.165) is 12.1 Å². The van der Waals surface area contributed by atoms with E-state index >= 15 is 0 Å². The number of primary amides is 1. The highest BCUT2D eigenvalue weighted by atomic mass is 19.4. The number of benzene rings is 2. The summed E-state index contributed by atoms with van der Waals surface area (Å²) in [7, 11) is 3.01. The maximum atomic E-state index is 13.9. The molecule has 1 amide bonds. The Labute approximate surface area is 238 Å². The lowest BCUT2D eigenvalue weighted by molar-refractivity contribution is -0.181. The highest BCUT2D eigenvalue weighted by Crippen LogP contribution is 2.51. The second-order valence-electron chi connectivity index (χ2n) is 11.6. The Kier molecular flexibility index (Phi) is 7.13. The van der Waals surface area contributed by atoms with Gasteiger partial charge in [-0.05, 0) is 80.6 Å². The number of carbonyl (C=O) groups excluding carboxylic acids is 5. The molecule has 9 nitrogen and oxygen atoms in total. The van der Waals surface area contributed by atoms with Gasteiger partial charge in [-0.2, -0.15) is 13.2 Å². The Hall–Kier alpha value is -3.90. The summed E-state index contributed by atoms with van der Waals surface area (Å²) < 4.78 is 38.8. The van der Waals surface area contributed by atoms with Gasteiger partial charge in [0.15, 0.2) is 34.7 Å². The number of amides is 1. The van der Waals surface area contributed by atoms with Gasteiger partial charge in [-0.1, -0.05) is 18.2 Å². The number of aromatic hydroxyl groups is 1. The summed E-state index contributed by atoms with van der Waals surface area (Å²) >= 11 is 0. The van der Waals surface area contributed by atoms with Gasteiger partial charge in [0.05, 0.1) is 23.1 Å². The van der Waals surface area contributed by atoms with E-state index in [-0.39, 0.29) is 24.2 Å². The van der Waals surface area contributed by atoms with Crippen LogP contribution < -0.4 is 5.73 Å². The molecule has 3 aliphatic carbocycles. The van der Waals surface area contributed by atoms with E-state index in [2.05, 4.69) is 0 Å². The number of halogens is 3. The van der Waals surface area contributed by atoms with Crippen molar-refractivity contribution in [1.82, 2.24) is 4.90 Å². The van der Waals surface area contributed by atoms with Gasteiger partial charge in [0, 0.05) is 5.92 Å². The van der Waals surface area contributed by atoms with Crippen LogP contribution in [0.15, 0.2) is 36.4 Å². The minimum absolute atomic E-state index is 0.0715. The number of rotatable bonds is 5. The zero-order chi connectivity index (χ0) is 30.9. The lowest BCUT2D eigenvalue weighted by Crippen LogP contribution is -2.74. The third-order valence-electron chi connectivity index (χ3n) is 9.01. The van der Waals surface area contributed by atoms with Crippen LogP contribution >= 0.6 is 0 Å². The van der Waals surface area contributed by atoms with Gasteiger partial charge in [-0.25, -0.2) is 0 Å². The number of aryl methyl sites for hydroxylation is 2. The van der Waals surface area contributed by atoms with Crippen LogP contribution in [0.3, 0.4) is 0 Å². The van der Waals surface area contributed by atoms with E-state index in [1.807, 2.05) is 0 Å². The Morgan fingerprint density at radius 2 is 1.67 bits per heavy atom. The monoisotopic (exact) mass is 586 g/mol. The van der Waals surface area contributed by atoms with Gasteiger partial charge in [-0.15, -0.1) is 0 Å². The first-order chi connectivity index (χ1) is 19.6. The summed E-state index contributed by atoms with van der Waals surface area (Å²) in [6.07, 6.45) is -3.77. The molecule has 2 fully saturated rings. The van der Waals surface area contributed by atoms with Crippen LogP contribution in [0.1, 0.15) is 39.0 Å². The summed E-state index contributed by atoms with van der Waals surface area (Å²) in [6.45, 7) is 0. The van der Waals surface area contributed by atoms with Crippen LogP contribution in [0.2, 0.25) is 0 Å². The molecule has 0 aromatic heterocycles. The molecule has 2 saturated carbocycles. The quantitative estimate of drug-likeness (QED) is 0.447. The van der Waals surface area contributed by atoms with Crippen LogP contribution in [0, 0.1) is 23.7 Å². The maximum Gasteiger partial charge on any atom is 0.416 e. The molecule has 42 heavy (non-hydrogen) atoms. The molecule has 0 bridgehead atoms. The third kappa shape index (κ3) is 4.44. The highest BCUT2D eigenvalue weighted by Gasteiger charge is 2.69. The molecule has 0 radical (unpaired) electrons. The van der Waals surface area contributed by atoms with Crippen molar-refractivity contribution in [2.45, 2.75) is 43.5 Å². The van der Waals surface area contributed by atoms with Crippen molar-refractivity contribution in [2.24, 2.45) is 29.4 Å². The van der Waals surface area contributed by atoms with Crippen molar-refractivity contribution in [3.8, 4) is 5.75 Å². The number of fused-ring (bicyclic) bond motifs is 3. The SMILES string of the molecule is CN(C)[C@@H]1C(=O)C(C(N)=O)C(=O)[C@@]2(O)C(=O)C3C(=O)c4c(O)ccc(CCc5ccc(C(F)(F)F)cc5)c4C[C@H]3C[C@@H]12. The molecule has 3 aliphatic rings. The Balaban J connectivity index is 1.50. The topological polar surface area (TPSA) is 155 Å². The Bertz CT molecular complexity index is 1520. The molecule has 0 heterocycles. The second-order valence-corrected chi connectivity index (χ2v) is 11.6. The van der Waals surface area contributed by atoms with E-state index in [1.165, 1.54) is 37.2 Å². The van der Waals surface area contributed by atoms with Gasteiger partial charge in [-0.3, -0.25) is 28.9 Å². The van der Waals surface area contributed by atoms with E-state index in [1.54, 1.807) is 6.07 Å². The van der Waals surface area contributed by atoms with Gasteiger partial charge >= 0.3 is 6.18 Å². The number of likely N-dealkylation sites (N-methyl/N-ethyl adjacent to an activating group) is 1. The molecule has 2 aromatic carbocycles. The molecule has 6 atom stereocenters. The van der Waals surface area contributed by atoms with Gasteiger partial charge in [0.2, 0.25) is 5.91 Å². The van der Waals surface area contributed by atoms with Crippen molar-refractivity contribution in [1.29, 1.82) is 0 Å². The van der Waals surface area contributed by atoms with Crippen molar-refractivity contribution in [3.05, 3.63) is 64.2 Å². The molecule has 12 heteroatoms. The third-order valence-corrected chi connectivity index (χ3v) is 9.01. The van der Waals surface area contributed by atoms with Crippen molar-refractivity contribution in [2.75, 3.05) is 14.1 Å². The molecular formula is C30H29F3N2O7. The van der Waals surface area contributed by atoms with Crippen LogP contribution in [0.25, 0.3) is 0 Å². The smallest absolute Gasteiger partial charge is 0.416 e. The van der Waals surface area contributed by atoms with Gasteiger partial charge in [0.1, 0.15) is 5.75 Å². The first kappa shape index (κ1) is 29.6. The normalized spacial score (nSPS) is 29.3. The lowest BCUT2D eigenvalue weighted by atomic mass is 9.52. The minimum Gasteiger partial charge on any atom is -0.507 e. The number of aliphatic hydroxyl groups is 1. The van der Waals surface area contributed by atoms with E-state index in [0.29, 0.717) is 29.5 Å². The van der Waals surface area contributed by atoms with Crippen molar-refractivity contribution >= 4 is 29.0 Å². The number of carbonyl (C=O) groups is 5. The summed E-state index contributed by atoms with van der Waals surface area (Å²) in [5.74, 6) is -11.2. The largest absolute Gasteiger partial charge is 0.507 e. The molecule has 0 saturated heterocycles. The van der Waals surface area contributed by atoms with E-state index in [9.17, 15) is 47.4 Å². The lowest BCUT2D eigenvalue weighted by Gasteiger charge is -2.52. The maximum absolute atomic E-state index is 13.9. The number of nitrogens with zero attached hydrogens (tertiary/aromatic N) is 1. The first-order valence-corrected chi connectivity index (χ1v) is 13.4. The predicted octanol–water partition coefficient (Wildman–Crippen LogP) is 1.67. The molecule has 5 rings (SSSR count). The zero-order valence-electron chi connectivity index (χ0n) is 22.8. The highest BCUT2D eigenvalue weighted by molar-refractivity contribution is 6.32. The number of hydrogen-bond donors (Lipinski definition) is 3. The number of alkyl halides is 3. The van der Waals surface area contributed by atoms with Crippen molar-refractivity contribution in [3.63, 3.8) is 0 Å². The van der Waals surface area contributed by atoms with Gasteiger partial charge in [0.25, 0.3) is 0 Å². The van der Waals surface area contributed by atoms with Gasteiger partial charge < -0.3 is 15.9 Å². The van der Waals surface area contributed by atoms with Crippen LogP contribution in [-0.4, -0.2) is 69.9 Å². The van der Waals surface area contributed by atoms with E-state index < -0.39 is 76.1 Å². The summed E-state index contributed by atoms with van der Waals surface area (Å²) in [5.41, 5.74) is 3.37.